The van der Waals surface area contributed by atoms with Crippen LogP contribution in [0, 0.1) is 0 Å². The van der Waals surface area contributed by atoms with E-state index in [1.807, 2.05) is 24.3 Å². The Hall–Kier alpha value is -2.73. The fourth-order valence-electron chi connectivity index (χ4n) is 3.11. The second-order valence-corrected chi connectivity index (χ2v) is 7.00. The number of carbonyl (C=O) groups excluding carboxylic acids is 2. The lowest BCUT2D eigenvalue weighted by Crippen LogP contribution is -2.32. The molecule has 27 heavy (non-hydrogen) atoms. The van der Waals surface area contributed by atoms with Crippen molar-refractivity contribution >= 4 is 17.5 Å². The van der Waals surface area contributed by atoms with Crippen LogP contribution in [0.5, 0.6) is 0 Å². The first-order valence-electron chi connectivity index (χ1n) is 9.29. The Morgan fingerprint density at radius 3 is 2.63 bits per heavy atom. The van der Waals surface area contributed by atoms with Crippen LogP contribution in [-0.4, -0.2) is 36.1 Å². The first kappa shape index (κ1) is 19.0. The summed E-state index contributed by atoms with van der Waals surface area (Å²) >= 11 is 0. The average molecular weight is 367 g/mol. The molecule has 1 aliphatic rings. The third-order valence-electron chi connectivity index (χ3n) is 4.61. The fourth-order valence-corrected chi connectivity index (χ4v) is 3.11. The molecule has 142 valence electrons. The number of nitrogens with zero attached hydrogens (tertiary/aromatic N) is 1. The zero-order chi connectivity index (χ0) is 19.2. The molecule has 6 nitrogen and oxygen atoms in total. The molecule has 2 heterocycles. The quantitative estimate of drug-likeness (QED) is 0.820. The molecule has 1 aromatic carbocycles. The first-order valence-corrected chi connectivity index (χ1v) is 9.29. The van der Waals surface area contributed by atoms with Gasteiger partial charge in [-0.2, -0.15) is 0 Å². The van der Waals surface area contributed by atoms with E-state index < -0.39 is 0 Å². The highest BCUT2D eigenvalue weighted by molar-refractivity contribution is 6.06. The zero-order valence-corrected chi connectivity index (χ0v) is 15.7. The molecule has 1 atom stereocenters. The van der Waals surface area contributed by atoms with Crippen molar-refractivity contribution in [3.8, 4) is 0 Å². The second kappa shape index (κ2) is 8.77. The van der Waals surface area contributed by atoms with E-state index in [-0.39, 0.29) is 23.8 Å². The van der Waals surface area contributed by atoms with Crippen LogP contribution in [0.15, 0.2) is 42.7 Å². The lowest BCUT2D eigenvalue weighted by molar-refractivity contribution is 0.0857. The third-order valence-corrected chi connectivity index (χ3v) is 4.61. The molecule has 1 aromatic heterocycles. The van der Waals surface area contributed by atoms with Crippen LogP contribution in [0.2, 0.25) is 0 Å². The molecule has 1 aliphatic heterocycles. The summed E-state index contributed by atoms with van der Waals surface area (Å²) in [6, 6.07) is 9.26. The molecule has 0 aliphatic carbocycles. The van der Waals surface area contributed by atoms with Crippen molar-refractivity contribution in [3.63, 3.8) is 0 Å². The van der Waals surface area contributed by atoms with Gasteiger partial charge in [0.15, 0.2) is 0 Å². The van der Waals surface area contributed by atoms with E-state index in [0.29, 0.717) is 17.7 Å². The van der Waals surface area contributed by atoms with E-state index in [0.717, 1.165) is 30.7 Å². The van der Waals surface area contributed by atoms with Gasteiger partial charge in [-0.1, -0.05) is 32.0 Å². The number of nitrogens with one attached hydrogen (secondary N) is 2. The van der Waals surface area contributed by atoms with Gasteiger partial charge in [-0.3, -0.25) is 14.6 Å². The van der Waals surface area contributed by atoms with E-state index in [9.17, 15) is 9.59 Å². The van der Waals surface area contributed by atoms with Crippen LogP contribution < -0.4 is 10.6 Å². The minimum Gasteiger partial charge on any atom is -0.376 e. The van der Waals surface area contributed by atoms with Crippen molar-refractivity contribution in [1.29, 1.82) is 0 Å². The van der Waals surface area contributed by atoms with Gasteiger partial charge in [-0.05, 0) is 36.5 Å². The SMILES string of the molecule is CC(C)c1ccccc1NC(=O)c1cncc(C(=O)NCC2CCCO2)c1. The summed E-state index contributed by atoms with van der Waals surface area (Å²) in [6.45, 7) is 5.36. The van der Waals surface area contributed by atoms with Crippen molar-refractivity contribution in [2.24, 2.45) is 0 Å². The highest BCUT2D eigenvalue weighted by Gasteiger charge is 2.18. The predicted molar refractivity (Wildman–Crippen MR) is 104 cm³/mol. The lowest BCUT2D eigenvalue weighted by atomic mass is 10.0. The number of para-hydroxylation sites is 1. The van der Waals surface area contributed by atoms with Gasteiger partial charge in [0.05, 0.1) is 17.2 Å². The maximum atomic E-state index is 12.6. The summed E-state index contributed by atoms with van der Waals surface area (Å²) in [5.74, 6) is -0.255. The smallest absolute Gasteiger partial charge is 0.257 e. The summed E-state index contributed by atoms with van der Waals surface area (Å²) in [5, 5.41) is 5.77. The Kier molecular flexibility index (Phi) is 6.19. The normalized spacial score (nSPS) is 16.3. The Labute approximate surface area is 159 Å². The molecule has 2 N–H and O–H groups in total. The van der Waals surface area contributed by atoms with E-state index in [1.165, 1.54) is 12.4 Å². The average Bonchev–Trinajstić information content (AvgIpc) is 3.20. The van der Waals surface area contributed by atoms with Gasteiger partial charge in [0.1, 0.15) is 0 Å². The van der Waals surface area contributed by atoms with Crippen LogP contribution in [0.1, 0.15) is 58.9 Å². The molecule has 1 saturated heterocycles. The molecule has 0 radical (unpaired) electrons. The molecular formula is C21H25N3O3. The maximum Gasteiger partial charge on any atom is 0.257 e. The van der Waals surface area contributed by atoms with Crippen LogP contribution in [0.25, 0.3) is 0 Å². The Morgan fingerprint density at radius 2 is 1.93 bits per heavy atom. The van der Waals surface area contributed by atoms with Gasteiger partial charge in [0.2, 0.25) is 0 Å². The maximum absolute atomic E-state index is 12.6. The van der Waals surface area contributed by atoms with Gasteiger partial charge in [-0.25, -0.2) is 0 Å². The van der Waals surface area contributed by atoms with Crippen LogP contribution in [0.4, 0.5) is 5.69 Å². The molecule has 0 spiro atoms. The Morgan fingerprint density at radius 1 is 1.19 bits per heavy atom. The van der Waals surface area contributed by atoms with Gasteiger partial charge in [0, 0.05) is 31.2 Å². The number of amides is 2. The molecule has 2 aromatic rings. The summed E-state index contributed by atoms with van der Waals surface area (Å²) in [4.78, 5) is 29.0. The lowest BCUT2D eigenvalue weighted by Gasteiger charge is -2.14. The van der Waals surface area contributed by atoms with Crippen LogP contribution >= 0.6 is 0 Å². The number of benzene rings is 1. The minimum absolute atomic E-state index is 0.0703. The fraction of sp³-hybridized carbons (Fsp3) is 0.381. The number of carbonyl (C=O) groups is 2. The Balaban J connectivity index is 1.67. The molecule has 0 saturated carbocycles. The van der Waals surface area contributed by atoms with E-state index in [2.05, 4.69) is 29.5 Å². The van der Waals surface area contributed by atoms with E-state index in [1.54, 1.807) is 6.07 Å². The zero-order valence-electron chi connectivity index (χ0n) is 15.7. The van der Waals surface area contributed by atoms with Crippen molar-refractivity contribution in [1.82, 2.24) is 10.3 Å². The number of aromatic nitrogens is 1. The van der Waals surface area contributed by atoms with E-state index >= 15 is 0 Å². The summed E-state index contributed by atoms with van der Waals surface area (Å²) < 4.78 is 5.50. The number of hydrogen-bond acceptors (Lipinski definition) is 4. The van der Waals surface area contributed by atoms with Crippen molar-refractivity contribution in [2.75, 3.05) is 18.5 Å². The molecule has 3 rings (SSSR count). The number of hydrogen-bond donors (Lipinski definition) is 2. The first-order chi connectivity index (χ1) is 13.0. The molecule has 6 heteroatoms. The molecule has 2 amide bonds. The number of ether oxygens (including phenoxy) is 1. The molecule has 1 unspecified atom stereocenters. The van der Waals surface area contributed by atoms with Crippen molar-refractivity contribution in [3.05, 3.63) is 59.4 Å². The largest absolute Gasteiger partial charge is 0.376 e. The van der Waals surface area contributed by atoms with E-state index in [4.69, 9.17) is 4.74 Å². The van der Waals surface area contributed by atoms with Crippen LogP contribution in [0.3, 0.4) is 0 Å². The van der Waals surface area contributed by atoms with Gasteiger partial charge >= 0.3 is 0 Å². The number of rotatable bonds is 6. The van der Waals surface area contributed by atoms with Gasteiger partial charge < -0.3 is 15.4 Å². The summed E-state index contributed by atoms with van der Waals surface area (Å²) in [6.07, 6.45) is 4.97. The molecular weight excluding hydrogens is 342 g/mol. The summed E-state index contributed by atoms with van der Waals surface area (Å²) in [7, 11) is 0. The highest BCUT2D eigenvalue weighted by Crippen LogP contribution is 2.24. The van der Waals surface area contributed by atoms with Gasteiger partial charge in [-0.15, -0.1) is 0 Å². The standard InChI is InChI=1S/C21H25N3O3/c1-14(2)18-7-3-4-8-19(18)24-21(26)16-10-15(11-22-12-16)20(25)23-13-17-6-5-9-27-17/h3-4,7-8,10-12,14,17H,5-6,9,13H2,1-2H3,(H,23,25)(H,24,26). The monoisotopic (exact) mass is 367 g/mol. The van der Waals surface area contributed by atoms with Gasteiger partial charge in [0.25, 0.3) is 11.8 Å². The van der Waals surface area contributed by atoms with Crippen LogP contribution in [-0.2, 0) is 4.74 Å². The third kappa shape index (κ3) is 4.92. The predicted octanol–water partition coefficient (Wildman–Crippen LogP) is 3.37. The molecule has 1 fully saturated rings. The highest BCUT2D eigenvalue weighted by atomic mass is 16.5. The topological polar surface area (TPSA) is 80.3 Å². The number of pyridine rings is 1. The Bertz CT molecular complexity index is 814. The summed E-state index contributed by atoms with van der Waals surface area (Å²) in [5.41, 5.74) is 2.53. The second-order valence-electron chi connectivity index (χ2n) is 7.00. The number of anilines is 1. The van der Waals surface area contributed by atoms with Crippen molar-refractivity contribution < 1.29 is 14.3 Å². The molecule has 0 bridgehead atoms. The minimum atomic E-state index is -0.288. The van der Waals surface area contributed by atoms with Crippen molar-refractivity contribution in [2.45, 2.75) is 38.7 Å².